The van der Waals surface area contributed by atoms with Crippen LogP contribution in [0.4, 0.5) is 0 Å². The molecule has 1 aromatic carbocycles. The van der Waals surface area contributed by atoms with Gasteiger partial charge in [0.25, 0.3) is 0 Å². The van der Waals surface area contributed by atoms with Crippen LogP contribution in [0.1, 0.15) is 0 Å². The van der Waals surface area contributed by atoms with E-state index in [4.69, 9.17) is 25.8 Å². The summed E-state index contributed by atoms with van der Waals surface area (Å²) in [6, 6.07) is 5.39. The summed E-state index contributed by atoms with van der Waals surface area (Å²) in [5, 5.41) is 0.656. The van der Waals surface area contributed by atoms with Crippen molar-refractivity contribution in [3.8, 4) is 5.75 Å². The normalized spacial score (nSPS) is 19.3. The summed E-state index contributed by atoms with van der Waals surface area (Å²) in [5.41, 5.74) is 0. The SMILES string of the molecule is COC(=O)C1CN(CCOc2ccc(Cl)cc2Br)CCO1. The lowest BCUT2D eigenvalue weighted by molar-refractivity contribution is -0.159. The van der Waals surface area contributed by atoms with E-state index in [9.17, 15) is 4.79 Å². The number of rotatable bonds is 5. The van der Waals surface area contributed by atoms with Crippen molar-refractivity contribution < 1.29 is 19.0 Å². The van der Waals surface area contributed by atoms with Gasteiger partial charge in [-0.05, 0) is 34.1 Å². The summed E-state index contributed by atoms with van der Waals surface area (Å²) in [4.78, 5) is 13.6. The lowest BCUT2D eigenvalue weighted by Crippen LogP contribution is -2.47. The highest BCUT2D eigenvalue weighted by molar-refractivity contribution is 9.10. The second-order valence-electron chi connectivity index (χ2n) is 4.61. The number of benzene rings is 1. The molecule has 0 amide bonds. The summed E-state index contributed by atoms with van der Waals surface area (Å²) in [6.45, 7) is 3.06. The zero-order valence-electron chi connectivity index (χ0n) is 11.7. The Morgan fingerprint density at radius 3 is 3.10 bits per heavy atom. The van der Waals surface area contributed by atoms with Crippen LogP contribution >= 0.6 is 27.5 Å². The summed E-state index contributed by atoms with van der Waals surface area (Å²) < 4.78 is 16.6. The number of carbonyl (C=O) groups excluding carboxylic acids is 1. The van der Waals surface area contributed by atoms with Crippen LogP contribution in [0.3, 0.4) is 0 Å². The van der Waals surface area contributed by atoms with E-state index in [-0.39, 0.29) is 5.97 Å². The van der Waals surface area contributed by atoms with E-state index < -0.39 is 6.10 Å². The minimum atomic E-state index is -0.508. The number of carbonyl (C=O) groups is 1. The van der Waals surface area contributed by atoms with Crippen LogP contribution in [0, 0.1) is 0 Å². The Bertz CT molecular complexity index is 500. The van der Waals surface area contributed by atoms with Crippen LogP contribution in [0.15, 0.2) is 22.7 Å². The van der Waals surface area contributed by atoms with Crippen LogP contribution in [0.25, 0.3) is 0 Å². The highest BCUT2D eigenvalue weighted by Crippen LogP contribution is 2.27. The maximum Gasteiger partial charge on any atom is 0.336 e. The molecular weight excluding hydrogens is 362 g/mol. The average molecular weight is 379 g/mol. The van der Waals surface area contributed by atoms with E-state index in [1.807, 2.05) is 6.07 Å². The molecule has 1 saturated heterocycles. The molecule has 1 aromatic rings. The number of nitrogens with zero attached hydrogens (tertiary/aromatic N) is 1. The molecule has 1 aliphatic heterocycles. The molecule has 0 saturated carbocycles. The van der Waals surface area contributed by atoms with Gasteiger partial charge < -0.3 is 14.2 Å². The number of methoxy groups -OCH3 is 1. The van der Waals surface area contributed by atoms with E-state index >= 15 is 0 Å². The predicted molar refractivity (Wildman–Crippen MR) is 82.8 cm³/mol. The van der Waals surface area contributed by atoms with Crippen molar-refractivity contribution in [2.45, 2.75) is 6.10 Å². The topological polar surface area (TPSA) is 48.0 Å². The Morgan fingerprint density at radius 2 is 2.38 bits per heavy atom. The maximum absolute atomic E-state index is 11.5. The second-order valence-corrected chi connectivity index (χ2v) is 5.90. The minimum absolute atomic E-state index is 0.332. The Morgan fingerprint density at radius 1 is 1.57 bits per heavy atom. The van der Waals surface area contributed by atoms with Crippen molar-refractivity contribution in [2.75, 3.05) is 40.0 Å². The first-order chi connectivity index (χ1) is 10.1. The molecule has 0 aromatic heterocycles. The summed E-state index contributed by atoms with van der Waals surface area (Å²) in [7, 11) is 1.37. The Balaban J connectivity index is 1.79. The molecule has 0 aliphatic carbocycles. The number of hydrogen-bond acceptors (Lipinski definition) is 5. The molecular formula is C14H17BrClNO4. The number of morpholine rings is 1. The second kappa shape index (κ2) is 7.98. The monoisotopic (exact) mass is 377 g/mol. The maximum atomic E-state index is 11.5. The molecule has 116 valence electrons. The zero-order chi connectivity index (χ0) is 15.2. The van der Waals surface area contributed by atoms with Crippen molar-refractivity contribution in [3.63, 3.8) is 0 Å². The van der Waals surface area contributed by atoms with Crippen LogP contribution in [-0.2, 0) is 14.3 Å². The van der Waals surface area contributed by atoms with Crippen molar-refractivity contribution >= 4 is 33.5 Å². The molecule has 1 fully saturated rings. The third kappa shape index (κ3) is 4.85. The Hall–Kier alpha value is -0.820. The summed E-state index contributed by atoms with van der Waals surface area (Å²) in [5.74, 6) is 0.415. The fraction of sp³-hybridized carbons (Fsp3) is 0.500. The molecule has 1 unspecified atom stereocenters. The van der Waals surface area contributed by atoms with Gasteiger partial charge in [0.1, 0.15) is 12.4 Å². The molecule has 0 N–H and O–H groups in total. The minimum Gasteiger partial charge on any atom is -0.491 e. The third-order valence-corrected chi connectivity index (χ3v) is 4.03. The highest BCUT2D eigenvalue weighted by atomic mass is 79.9. The van der Waals surface area contributed by atoms with Gasteiger partial charge in [0.05, 0.1) is 18.2 Å². The quantitative estimate of drug-likeness (QED) is 0.736. The van der Waals surface area contributed by atoms with Gasteiger partial charge in [-0.25, -0.2) is 4.79 Å². The molecule has 21 heavy (non-hydrogen) atoms. The molecule has 0 bridgehead atoms. The Kier molecular flexibility index (Phi) is 6.29. The predicted octanol–water partition coefficient (Wildman–Crippen LogP) is 2.36. The van der Waals surface area contributed by atoms with E-state index in [1.54, 1.807) is 12.1 Å². The van der Waals surface area contributed by atoms with E-state index in [1.165, 1.54) is 7.11 Å². The summed E-state index contributed by atoms with van der Waals surface area (Å²) >= 11 is 9.29. The molecule has 5 nitrogen and oxygen atoms in total. The van der Waals surface area contributed by atoms with E-state index in [0.29, 0.717) is 31.3 Å². The van der Waals surface area contributed by atoms with Crippen LogP contribution in [0.5, 0.6) is 5.75 Å². The number of esters is 1. The number of ether oxygens (including phenoxy) is 3. The number of halogens is 2. The standard InChI is InChI=1S/C14H17BrClNO4/c1-19-14(18)13-9-17(5-7-21-13)4-6-20-12-3-2-10(16)8-11(12)15/h2-3,8,13H,4-7,9H2,1H3. The van der Waals surface area contributed by atoms with Gasteiger partial charge in [-0.3, -0.25) is 4.90 Å². The number of hydrogen-bond donors (Lipinski definition) is 0. The van der Waals surface area contributed by atoms with Gasteiger partial charge in [-0.1, -0.05) is 11.6 Å². The van der Waals surface area contributed by atoms with Gasteiger partial charge in [-0.2, -0.15) is 0 Å². The molecule has 0 spiro atoms. The third-order valence-electron chi connectivity index (χ3n) is 3.17. The fourth-order valence-electron chi connectivity index (χ4n) is 2.06. The average Bonchev–Trinajstić information content (AvgIpc) is 2.49. The van der Waals surface area contributed by atoms with Crippen molar-refractivity contribution in [3.05, 3.63) is 27.7 Å². The van der Waals surface area contributed by atoms with Crippen molar-refractivity contribution in [1.82, 2.24) is 4.90 Å². The van der Waals surface area contributed by atoms with Gasteiger partial charge >= 0.3 is 5.97 Å². The first-order valence-electron chi connectivity index (χ1n) is 6.60. The van der Waals surface area contributed by atoms with Gasteiger partial charge in [-0.15, -0.1) is 0 Å². The molecule has 0 radical (unpaired) electrons. The smallest absolute Gasteiger partial charge is 0.336 e. The van der Waals surface area contributed by atoms with Crippen LogP contribution < -0.4 is 4.74 Å². The van der Waals surface area contributed by atoms with Crippen molar-refractivity contribution in [2.24, 2.45) is 0 Å². The molecule has 1 atom stereocenters. The van der Waals surface area contributed by atoms with Gasteiger partial charge in [0.15, 0.2) is 6.10 Å². The molecule has 1 heterocycles. The molecule has 2 rings (SSSR count). The first kappa shape index (κ1) is 16.5. The lowest BCUT2D eigenvalue weighted by Gasteiger charge is -2.31. The molecule has 7 heteroatoms. The lowest BCUT2D eigenvalue weighted by atomic mass is 10.3. The van der Waals surface area contributed by atoms with E-state index in [0.717, 1.165) is 16.8 Å². The first-order valence-corrected chi connectivity index (χ1v) is 7.77. The molecule has 1 aliphatic rings. The van der Waals surface area contributed by atoms with E-state index in [2.05, 4.69) is 20.8 Å². The highest BCUT2D eigenvalue weighted by Gasteiger charge is 2.27. The zero-order valence-corrected chi connectivity index (χ0v) is 14.0. The summed E-state index contributed by atoms with van der Waals surface area (Å²) in [6.07, 6.45) is -0.508. The van der Waals surface area contributed by atoms with Gasteiger partial charge in [0, 0.05) is 24.7 Å². The Labute approximate surface area is 137 Å². The van der Waals surface area contributed by atoms with Gasteiger partial charge in [0.2, 0.25) is 0 Å². The van der Waals surface area contributed by atoms with Crippen molar-refractivity contribution in [1.29, 1.82) is 0 Å². The largest absolute Gasteiger partial charge is 0.491 e. The van der Waals surface area contributed by atoms with Crippen LogP contribution in [0.2, 0.25) is 5.02 Å². The fourth-order valence-corrected chi connectivity index (χ4v) is 2.85. The van der Waals surface area contributed by atoms with Crippen LogP contribution in [-0.4, -0.2) is 56.9 Å².